The number of pyridine rings is 1. The van der Waals surface area contributed by atoms with Crippen molar-refractivity contribution < 1.29 is 44.3 Å². The molecule has 9 nitrogen and oxygen atoms in total. The Bertz CT molecular complexity index is 2240. The number of nitrogens with one attached hydrogen (secondary N) is 2. The number of fused-ring (bicyclic) bond motifs is 1. The summed E-state index contributed by atoms with van der Waals surface area (Å²) in [6.45, 7) is 5.75. The van der Waals surface area contributed by atoms with Crippen LogP contribution in [-0.4, -0.2) is 34.8 Å². The molecule has 280 valence electrons. The number of carbonyl (C=O) groups is 2. The van der Waals surface area contributed by atoms with Crippen molar-refractivity contribution in [1.82, 2.24) is 19.3 Å². The van der Waals surface area contributed by atoms with Crippen molar-refractivity contribution in [2.45, 2.75) is 76.7 Å². The number of benzene rings is 3. The van der Waals surface area contributed by atoms with Crippen molar-refractivity contribution >= 4 is 38.7 Å². The number of carbonyl (C=O) groups excluding carboxylic acids is 2. The van der Waals surface area contributed by atoms with E-state index < -0.39 is 49.9 Å². The number of amides is 2. The Kier molecular flexibility index (Phi) is 11.3. The van der Waals surface area contributed by atoms with Crippen molar-refractivity contribution in [3.8, 4) is 11.1 Å². The van der Waals surface area contributed by atoms with E-state index in [0.717, 1.165) is 12.8 Å². The first kappa shape index (κ1) is 39.0. The predicted molar refractivity (Wildman–Crippen MR) is 186 cm³/mol. The van der Waals surface area contributed by atoms with Crippen LogP contribution >= 0.6 is 0 Å². The van der Waals surface area contributed by atoms with Crippen LogP contribution in [0.1, 0.15) is 78.0 Å². The minimum Gasteiger partial charge on any atom is -0.324 e. The first-order chi connectivity index (χ1) is 24.9. The van der Waals surface area contributed by atoms with Crippen molar-refractivity contribution in [3.05, 3.63) is 107 Å². The third-order valence-electron chi connectivity index (χ3n) is 8.44. The molecule has 0 bridgehead atoms. The van der Waals surface area contributed by atoms with Gasteiger partial charge in [0.2, 0.25) is 5.91 Å². The summed E-state index contributed by atoms with van der Waals surface area (Å²) in [5.74, 6) is -1.21. The van der Waals surface area contributed by atoms with Crippen LogP contribution in [0.25, 0.3) is 22.3 Å². The molecule has 0 unspecified atom stereocenters. The number of hydrogen-bond donors (Lipinski definition) is 2. The number of sulfonamides is 1. The zero-order valence-electron chi connectivity index (χ0n) is 28.8. The monoisotopic (exact) mass is 759 g/mol. The lowest BCUT2D eigenvalue weighted by molar-refractivity contribution is -0.143. The molecular formula is C37H35F6N5O4S. The van der Waals surface area contributed by atoms with Gasteiger partial charge < -0.3 is 9.88 Å². The molecule has 3 aromatic carbocycles. The summed E-state index contributed by atoms with van der Waals surface area (Å²) >= 11 is 0. The Morgan fingerprint density at radius 3 is 2.13 bits per heavy atom. The molecule has 2 N–H and O–H groups in total. The van der Waals surface area contributed by atoms with E-state index >= 15 is 0 Å². The molecule has 0 aliphatic rings. The molecule has 0 atom stereocenters. The molecule has 2 aromatic heterocycles. The normalized spacial score (nSPS) is 12.2. The van der Waals surface area contributed by atoms with E-state index in [9.17, 15) is 44.3 Å². The quantitative estimate of drug-likeness (QED) is 0.123. The summed E-state index contributed by atoms with van der Waals surface area (Å²) in [5.41, 5.74) is -1.55. The third-order valence-corrected chi connectivity index (χ3v) is 9.81. The van der Waals surface area contributed by atoms with Crippen LogP contribution < -0.4 is 10.0 Å². The van der Waals surface area contributed by atoms with Crippen molar-refractivity contribution in [1.29, 1.82) is 0 Å². The maximum Gasteiger partial charge on any atom is 0.416 e. The summed E-state index contributed by atoms with van der Waals surface area (Å²) < 4.78 is 112. The Labute approximate surface area is 301 Å². The number of hydrogen-bond acceptors (Lipinski definition) is 6. The Morgan fingerprint density at radius 1 is 0.868 bits per heavy atom. The highest BCUT2D eigenvalue weighted by atomic mass is 32.2. The molecule has 0 saturated heterocycles. The number of aryl methyl sites for hydroxylation is 2. The fourth-order valence-corrected chi connectivity index (χ4v) is 6.98. The van der Waals surface area contributed by atoms with Crippen LogP contribution in [0.3, 0.4) is 0 Å². The Morgan fingerprint density at radius 2 is 1.53 bits per heavy atom. The van der Waals surface area contributed by atoms with Gasteiger partial charge in [-0.05, 0) is 55.2 Å². The first-order valence-corrected chi connectivity index (χ1v) is 18.1. The molecule has 5 aromatic rings. The fraction of sp³-hybridized carbons (Fsp3) is 0.297. The minimum absolute atomic E-state index is 0.0532. The molecule has 2 amide bonds. The van der Waals surface area contributed by atoms with Crippen molar-refractivity contribution in [2.24, 2.45) is 0 Å². The number of aromatic nitrogens is 3. The largest absolute Gasteiger partial charge is 0.416 e. The van der Waals surface area contributed by atoms with Gasteiger partial charge in [-0.3, -0.25) is 9.59 Å². The molecule has 0 aliphatic heterocycles. The summed E-state index contributed by atoms with van der Waals surface area (Å²) in [5, 5.41) is 2.86. The second-order valence-electron chi connectivity index (χ2n) is 12.4. The molecule has 0 fully saturated rings. The van der Waals surface area contributed by atoms with Gasteiger partial charge in [-0.1, -0.05) is 62.7 Å². The van der Waals surface area contributed by atoms with E-state index in [-0.39, 0.29) is 36.2 Å². The number of unbranched alkanes of at least 4 members (excludes halogenated alkanes) is 1. The first-order valence-electron chi connectivity index (χ1n) is 16.6. The van der Waals surface area contributed by atoms with Crippen LogP contribution in [-0.2, 0) is 40.1 Å². The molecule has 0 aliphatic carbocycles. The van der Waals surface area contributed by atoms with Crippen LogP contribution in [0, 0.1) is 6.92 Å². The van der Waals surface area contributed by atoms with Gasteiger partial charge in [0.25, 0.3) is 15.9 Å². The maximum atomic E-state index is 13.9. The van der Waals surface area contributed by atoms with Gasteiger partial charge >= 0.3 is 12.4 Å². The molecule has 16 heteroatoms. The lowest BCUT2D eigenvalue weighted by Gasteiger charge is -2.16. The highest BCUT2D eigenvalue weighted by molar-refractivity contribution is 7.90. The Balaban J connectivity index is 1.59. The van der Waals surface area contributed by atoms with E-state index in [4.69, 9.17) is 4.98 Å². The maximum absolute atomic E-state index is 13.9. The standard InChI is InChI=1S/C37H35F6N5O4S/c1-4-6-13-31-46-33-22(3)29(45-32(49)10-5-2)20-44-34(33)48(31)21-23-14-15-28(24-11-8-7-9-12-24)30(16-23)53(51,52)47-35(50)25-17-26(36(38,39)40)19-27(18-25)37(41,42)43/h7-9,11-12,14-20H,4-6,10,13,21H2,1-3H3,(H,45,49)(H,47,50). The predicted octanol–water partition coefficient (Wildman–Crippen LogP) is 8.69. The number of nitrogens with zero attached hydrogens (tertiary/aromatic N) is 3. The number of anilines is 1. The summed E-state index contributed by atoms with van der Waals surface area (Å²) in [6.07, 6.45) is -5.84. The molecule has 2 heterocycles. The minimum atomic E-state index is -5.25. The third kappa shape index (κ3) is 8.87. The average molecular weight is 760 g/mol. The molecule has 0 saturated carbocycles. The molecule has 5 rings (SSSR count). The van der Waals surface area contributed by atoms with E-state index in [0.29, 0.717) is 58.6 Å². The van der Waals surface area contributed by atoms with Crippen LogP contribution in [0.5, 0.6) is 0 Å². The van der Waals surface area contributed by atoms with Gasteiger partial charge in [-0.2, -0.15) is 26.3 Å². The second-order valence-corrected chi connectivity index (χ2v) is 14.1. The summed E-state index contributed by atoms with van der Waals surface area (Å²) in [6, 6.07) is 12.8. The van der Waals surface area contributed by atoms with Crippen molar-refractivity contribution in [2.75, 3.05) is 5.32 Å². The van der Waals surface area contributed by atoms with Crippen LogP contribution in [0.4, 0.5) is 32.0 Å². The molecule has 0 spiro atoms. The topological polar surface area (TPSA) is 123 Å². The molecule has 0 radical (unpaired) electrons. The second kappa shape index (κ2) is 15.4. The zero-order valence-corrected chi connectivity index (χ0v) is 29.6. The lowest BCUT2D eigenvalue weighted by atomic mass is 10.0. The molecular weight excluding hydrogens is 724 g/mol. The number of rotatable bonds is 12. The van der Waals surface area contributed by atoms with Gasteiger partial charge in [0, 0.05) is 29.5 Å². The van der Waals surface area contributed by atoms with Crippen LogP contribution in [0.15, 0.2) is 77.8 Å². The SMILES string of the molecule is CCCCc1nc2c(C)c(NC(=O)CCC)cnc2n1Cc1ccc(-c2ccccc2)c(S(=O)(=O)NC(=O)c2cc(C(F)(F)F)cc(C(F)(F)F)c2)c1. The number of halogens is 6. The Hall–Kier alpha value is -5.25. The highest BCUT2D eigenvalue weighted by Crippen LogP contribution is 2.37. The number of alkyl halides is 6. The summed E-state index contributed by atoms with van der Waals surface area (Å²) in [4.78, 5) is 34.5. The van der Waals surface area contributed by atoms with Gasteiger partial charge in [-0.25, -0.2) is 23.1 Å². The van der Waals surface area contributed by atoms with E-state index in [1.807, 2.05) is 18.4 Å². The summed E-state index contributed by atoms with van der Waals surface area (Å²) in [7, 11) is -4.92. The van der Waals surface area contributed by atoms with Crippen LogP contribution in [0.2, 0.25) is 0 Å². The fourth-order valence-electron chi connectivity index (χ4n) is 5.73. The molecule has 53 heavy (non-hydrogen) atoms. The smallest absolute Gasteiger partial charge is 0.324 e. The zero-order chi connectivity index (χ0) is 38.7. The van der Waals surface area contributed by atoms with Gasteiger partial charge in [0.1, 0.15) is 11.3 Å². The van der Waals surface area contributed by atoms with Crippen molar-refractivity contribution in [3.63, 3.8) is 0 Å². The van der Waals surface area contributed by atoms with E-state index in [2.05, 4.69) is 10.3 Å². The number of imidazole rings is 1. The lowest BCUT2D eigenvalue weighted by Crippen LogP contribution is -2.31. The van der Waals surface area contributed by atoms with Gasteiger partial charge in [0.05, 0.1) is 34.5 Å². The highest BCUT2D eigenvalue weighted by Gasteiger charge is 2.38. The average Bonchev–Trinajstić information content (AvgIpc) is 3.45. The van der Waals surface area contributed by atoms with E-state index in [1.165, 1.54) is 18.3 Å². The van der Waals surface area contributed by atoms with E-state index in [1.54, 1.807) is 48.0 Å². The van der Waals surface area contributed by atoms with Gasteiger partial charge in [0.15, 0.2) is 5.65 Å². The van der Waals surface area contributed by atoms with Gasteiger partial charge in [-0.15, -0.1) is 0 Å².